The van der Waals surface area contributed by atoms with Crippen molar-refractivity contribution in [2.45, 2.75) is 31.1 Å². The molecule has 0 aromatic heterocycles. The van der Waals surface area contributed by atoms with E-state index in [0.717, 1.165) is 23.7 Å². The lowest BCUT2D eigenvalue weighted by atomic mass is 9.97. The predicted molar refractivity (Wildman–Crippen MR) is 115 cm³/mol. The second-order valence-electron chi connectivity index (χ2n) is 7.86. The number of amides is 2. The molecular formula is C22H24FN3O4S. The Morgan fingerprint density at radius 3 is 2.45 bits per heavy atom. The number of hydrogen-bond acceptors (Lipinski definition) is 4. The first kappa shape index (κ1) is 21.5. The van der Waals surface area contributed by atoms with E-state index < -0.39 is 15.8 Å². The molecule has 0 bridgehead atoms. The molecule has 7 nitrogen and oxygen atoms in total. The minimum absolute atomic E-state index is 0.00682. The highest BCUT2D eigenvalue weighted by molar-refractivity contribution is 7.89. The molecule has 9 heteroatoms. The molecule has 0 spiro atoms. The Hall–Kier alpha value is -2.78. The number of benzene rings is 2. The van der Waals surface area contributed by atoms with Crippen LogP contribution in [0, 0.1) is 11.7 Å². The Kier molecular flexibility index (Phi) is 5.81. The number of carbonyl (C=O) groups excluding carboxylic acids is 2. The molecule has 0 aliphatic carbocycles. The quantitative estimate of drug-likeness (QED) is 0.784. The van der Waals surface area contributed by atoms with Crippen LogP contribution < -0.4 is 10.2 Å². The summed E-state index contributed by atoms with van der Waals surface area (Å²) in [5.74, 6) is -1.27. The van der Waals surface area contributed by atoms with Crippen LogP contribution >= 0.6 is 0 Å². The van der Waals surface area contributed by atoms with Crippen molar-refractivity contribution in [3.05, 3.63) is 53.8 Å². The molecule has 2 aromatic carbocycles. The third kappa shape index (κ3) is 4.20. The summed E-state index contributed by atoms with van der Waals surface area (Å²) >= 11 is 0. The molecule has 0 radical (unpaired) electrons. The maximum Gasteiger partial charge on any atom is 0.245 e. The number of fused-ring (bicyclic) bond motifs is 1. The summed E-state index contributed by atoms with van der Waals surface area (Å²) in [6, 6.07) is 10.8. The third-order valence-electron chi connectivity index (χ3n) is 5.90. The van der Waals surface area contributed by atoms with Gasteiger partial charge in [0.05, 0.1) is 0 Å². The van der Waals surface area contributed by atoms with Crippen LogP contribution in [0.3, 0.4) is 0 Å². The SMILES string of the molecule is CC(=O)N1CCc2cc(NC(=O)C3CCN(S(=O)(=O)c4ccccc4F)CC3)ccc21. The van der Waals surface area contributed by atoms with Gasteiger partial charge in [-0.25, -0.2) is 12.8 Å². The molecule has 31 heavy (non-hydrogen) atoms. The van der Waals surface area contributed by atoms with Gasteiger partial charge in [-0.15, -0.1) is 0 Å². The molecule has 2 aliphatic rings. The van der Waals surface area contributed by atoms with Gasteiger partial charge in [-0.2, -0.15) is 4.31 Å². The first-order valence-electron chi connectivity index (χ1n) is 10.2. The normalized spacial score (nSPS) is 17.4. The molecule has 2 aromatic rings. The van der Waals surface area contributed by atoms with Crippen molar-refractivity contribution in [1.82, 2.24) is 4.31 Å². The molecule has 4 rings (SSSR count). The van der Waals surface area contributed by atoms with Gasteiger partial charge in [-0.1, -0.05) is 12.1 Å². The van der Waals surface area contributed by atoms with Crippen LogP contribution in [0.4, 0.5) is 15.8 Å². The fourth-order valence-electron chi connectivity index (χ4n) is 4.20. The van der Waals surface area contributed by atoms with E-state index in [1.807, 2.05) is 12.1 Å². The second kappa shape index (κ2) is 8.39. The van der Waals surface area contributed by atoms with Crippen LogP contribution in [0.1, 0.15) is 25.3 Å². The standard InChI is InChI=1S/C22H24FN3O4S/c1-15(27)26-13-10-17-14-18(6-7-20(17)26)24-22(28)16-8-11-25(12-9-16)31(29,30)21-5-3-2-4-19(21)23/h2-7,14,16H,8-13H2,1H3,(H,24,28). The highest BCUT2D eigenvalue weighted by atomic mass is 32.2. The summed E-state index contributed by atoms with van der Waals surface area (Å²) in [5, 5.41) is 2.91. The van der Waals surface area contributed by atoms with E-state index in [1.165, 1.54) is 29.4 Å². The molecule has 1 N–H and O–H groups in total. The van der Waals surface area contributed by atoms with E-state index in [0.29, 0.717) is 25.1 Å². The average molecular weight is 446 g/mol. The van der Waals surface area contributed by atoms with Gasteiger partial charge < -0.3 is 10.2 Å². The fourth-order valence-corrected chi connectivity index (χ4v) is 5.74. The lowest BCUT2D eigenvalue weighted by molar-refractivity contribution is -0.121. The molecule has 0 atom stereocenters. The minimum Gasteiger partial charge on any atom is -0.326 e. The number of nitrogens with zero attached hydrogens (tertiary/aromatic N) is 2. The second-order valence-corrected chi connectivity index (χ2v) is 9.77. The fraction of sp³-hybridized carbons (Fsp3) is 0.364. The minimum atomic E-state index is -3.93. The zero-order valence-corrected chi connectivity index (χ0v) is 18.0. The van der Waals surface area contributed by atoms with Gasteiger partial charge in [0, 0.05) is 43.9 Å². The van der Waals surface area contributed by atoms with Crippen molar-refractivity contribution in [3.63, 3.8) is 0 Å². The number of sulfonamides is 1. The molecule has 2 aliphatic heterocycles. The van der Waals surface area contributed by atoms with Crippen LogP contribution in [0.15, 0.2) is 47.4 Å². The third-order valence-corrected chi connectivity index (χ3v) is 7.83. The van der Waals surface area contributed by atoms with Crippen LogP contribution in [0.5, 0.6) is 0 Å². The van der Waals surface area contributed by atoms with E-state index in [4.69, 9.17) is 0 Å². The van der Waals surface area contributed by atoms with Gasteiger partial charge in [-0.3, -0.25) is 9.59 Å². The van der Waals surface area contributed by atoms with Gasteiger partial charge in [0.2, 0.25) is 21.8 Å². The molecule has 1 fully saturated rings. The number of nitrogens with one attached hydrogen (secondary N) is 1. The molecule has 0 unspecified atom stereocenters. The van der Waals surface area contributed by atoms with E-state index in [2.05, 4.69) is 5.32 Å². The Labute approximate surface area is 180 Å². The zero-order chi connectivity index (χ0) is 22.2. The Bertz CT molecular complexity index is 1130. The smallest absolute Gasteiger partial charge is 0.245 e. The van der Waals surface area contributed by atoms with E-state index >= 15 is 0 Å². The molecule has 0 saturated carbocycles. The number of hydrogen-bond donors (Lipinski definition) is 1. The van der Waals surface area contributed by atoms with E-state index in [1.54, 1.807) is 11.0 Å². The Morgan fingerprint density at radius 1 is 1.06 bits per heavy atom. The van der Waals surface area contributed by atoms with Crippen LogP contribution in [-0.2, 0) is 26.0 Å². The van der Waals surface area contributed by atoms with Crippen molar-refractivity contribution in [3.8, 4) is 0 Å². The van der Waals surface area contributed by atoms with Crippen molar-refractivity contribution >= 4 is 33.2 Å². The van der Waals surface area contributed by atoms with Gasteiger partial charge in [0.15, 0.2) is 0 Å². The van der Waals surface area contributed by atoms with E-state index in [9.17, 15) is 22.4 Å². The number of piperidine rings is 1. The molecule has 164 valence electrons. The molecular weight excluding hydrogens is 421 g/mol. The highest BCUT2D eigenvalue weighted by Crippen LogP contribution is 2.31. The first-order chi connectivity index (χ1) is 14.8. The number of carbonyl (C=O) groups is 2. The maximum atomic E-state index is 14.0. The summed E-state index contributed by atoms with van der Waals surface area (Å²) in [6.45, 7) is 2.49. The van der Waals surface area contributed by atoms with Crippen molar-refractivity contribution in [1.29, 1.82) is 0 Å². The summed E-state index contributed by atoms with van der Waals surface area (Å²) in [4.78, 5) is 25.8. The Morgan fingerprint density at radius 2 is 1.77 bits per heavy atom. The van der Waals surface area contributed by atoms with Crippen LogP contribution in [0.2, 0.25) is 0 Å². The summed E-state index contributed by atoms with van der Waals surface area (Å²) in [7, 11) is -3.93. The van der Waals surface area contributed by atoms with Crippen molar-refractivity contribution in [2.24, 2.45) is 5.92 Å². The number of anilines is 2. The van der Waals surface area contributed by atoms with Crippen molar-refractivity contribution < 1.29 is 22.4 Å². The highest BCUT2D eigenvalue weighted by Gasteiger charge is 2.33. The Balaban J connectivity index is 1.38. The summed E-state index contributed by atoms with van der Waals surface area (Å²) in [6.07, 6.45) is 1.47. The molecule has 2 heterocycles. The van der Waals surface area contributed by atoms with Gasteiger partial charge >= 0.3 is 0 Å². The van der Waals surface area contributed by atoms with Gasteiger partial charge in [0.1, 0.15) is 10.7 Å². The number of halogens is 1. The lowest BCUT2D eigenvalue weighted by Crippen LogP contribution is -2.41. The van der Waals surface area contributed by atoms with Crippen molar-refractivity contribution in [2.75, 3.05) is 29.9 Å². The molecule has 2 amide bonds. The van der Waals surface area contributed by atoms with Crippen LogP contribution in [-0.4, -0.2) is 44.2 Å². The topological polar surface area (TPSA) is 86.8 Å². The maximum absolute atomic E-state index is 14.0. The van der Waals surface area contributed by atoms with Gasteiger partial charge in [0.25, 0.3) is 0 Å². The predicted octanol–water partition coefficient (Wildman–Crippen LogP) is 2.77. The zero-order valence-electron chi connectivity index (χ0n) is 17.2. The monoisotopic (exact) mass is 445 g/mol. The van der Waals surface area contributed by atoms with Crippen LogP contribution in [0.25, 0.3) is 0 Å². The van der Waals surface area contributed by atoms with E-state index in [-0.39, 0.29) is 35.7 Å². The largest absolute Gasteiger partial charge is 0.326 e. The lowest BCUT2D eigenvalue weighted by Gasteiger charge is -2.30. The number of rotatable bonds is 4. The average Bonchev–Trinajstić information content (AvgIpc) is 3.17. The first-order valence-corrected chi connectivity index (χ1v) is 11.7. The summed E-state index contributed by atoms with van der Waals surface area (Å²) < 4.78 is 40.6. The van der Waals surface area contributed by atoms with Gasteiger partial charge in [-0.05, 0) is 55.2 Å². The molecule has 1 saturated heterocycles. The summed E-state index contributed by atoms with van der Waals surface area (Å²) in [5.41, 5.74) is 2.55.